The van der Waals surface area contributed by atoms with Crippen LogP contribution in [0.4, 0.5) is 5.69 Å². The van der Waals surface area contributed by atoms with Gasteiger partial charge in [-0.1, -0.05) is 11.2 Å². The predicted molar refractivity (Wildman–Crippen MR) is 77.2 cm³/mol. The molecule has 0 unspecified atom stereocenters. The summed E-state index contributed by atoms with van der Waals surface area (Å²) >= 11 is 0. The maximum absolute atomic E-state index is 11.8. The Morgan fingerprint density at radius 1 is 1.43 bits per heavy atom. The maximum Gasteiger partial charge on any atom is 0.238 e. The number of hydrogen-bond donors (Lipinski definition) is 2. The summed E-state index contributed by atoms with van der Waals surface area (Å²) in [7, 11) is 1.59. The molecule has 0 spiro atoms. The van der Waals surface area contributed by atoms with Crippen molar-refractivity contribution >= 4 is 11.6 Å². The van der Waals surface area contributed by atoms with Crippen molar-refractivity contribution in [3.05, 3.63) is 36.0 Å². The molecular weight excluding hydrogens is 272 g/mol. The van der Waals surface area contributed by atoms with Crippen molar-refractivity contribution in [3.63, 3.8) is 0 Å². The number of rotatable bonds is 7. The van der Waals surface area contributed by atoms with Crippen molar-refractivity contribution < 1.29 is 14.1 Å². The molecule has 0 radical (unpaired) electrons. The van der Waals surface area contributed by atoms with Crippen LogP contribution >= 0.6 is 0 Å². The zero-order valence-corrected chi connectivity index (χ0v) is 12.0. The number of carbonyl (C=O) groups is 1. The lowest BCUT2D eigenvalue weighted by atomic mass is 10.3. The van der Waals surface area contributed by atoms with Crippen molar-refractivity contribution in [1.82, 2.24) is 15.5 Å². The third kappa shape index (κ3) is 4.88. The number of amides is 1. The normalized spacial score (nSPS) is 10.4. The van der Waals surface area contributed by atoms with Gasteiger partial charge < -0.3 is 19.9 Å². The lowest BCUT2D eigenvalue weighted by Gasteiger charge is -2.07. The number of hydrogen-bond acceptors (Lipinski definition) is 6. The smallest absolute Gasteiger partial charge is 0.238 e. The van der Waals surface area contributed by atoms with Crippen molar-refractivity contribution in [2.45, 2.75) is 13.3 Å². The summed E-state index contributed by atoms with van der Waals surface area (Å²) in [5.74, 6) is 1.76. The number of methoxy groups -OCH3 is 1. The molecule has 0 fully saturated rings. The molecule has 1 aromatic heterocycles. The van der Waals surface area contributed by atoms with Crippen LogP contribution in [0.2, 0.25) is 0 Å². The fourth-order valence-corrected chi connectivity index (χ4v) is 1.74. The topological polar surface area (TPSA) is 89.3 Å². The molecule has 112 valence electrons. The molecule has 0 aliphatic rings. The van der Waals surface area contributed by atoms with Gasteiger partial charge in [0.05, 0.1) is 13.7 Å². The fourth-order valence-electron chi connectivity index (χ4n) is 1.74. The van der Waals surface area contributed by atoms with Crippen LogP contribution < -0.4 is 15.4 Å². The number of nitrogens with one attached hydrogen (secondary N) is 2. The van der Waals surface area contributed by atoms with Crippen molar-refractivity contribution in [3.8, 4) is 5.75 Å². The minimum Gasteiger partial charge on any atom is -0.497 e. The first kappa shape index (κ1) is 15.0. The van der Waals surface area contributed by atoms with Gasteiger partial charge in [-0.2, -0.15) is 4.98 Å². The van der Waals surface area contributed by atoms with Gasteiger partial charge in [-0.3, -0.25) is 4.79 Å². The zero-order chi connectivity index (χ0) is 15.1. The quantitative estimate of drug-likeness (QED) is 0.744. The maximum atomic E-state index is 11.8. The van der Waals surface area contributed by atoms with Gasteiger partial charge in [0.2, 0.25) is 11.8 Å². The Morgan fingerprint density at radius 3 is 3.00 bits per heavy atom. The summed E-state index contributed by atoms with van der Waals surface area (Å²) in [5, 5.41) is 9.50. The van der Waals surface area contributed by atoms with Gasteiger partial charge in [-0.25, -0.2) is 0 Å². The third-order valence-electron chi connectivity index (χ3n) is 2.72. The van der Waals surface area contributed by atoms with Gasteiger partial charge in [-0.05, 0) is 19.1 Å². The average Bonchev–Trinajstić information content (AvgIpc) is 2.89. The van der Waals surface area contributed by atoms with Crippen molar-refractivity contribution in [2.75, 3.05) is 25.5 Å². The highest BCUT2D eigenvalue weighted by molar-refractivity contribution is 5.92. The average molecular weight is 290 g/mol. The second-order valence-electron chi connectivity index (χ2n) is 4.44. The van der Waals surface area contributed by atoms with Crippen LogP contribution in [-0.2, 0) is 11.2 Å². The summed E-state index contributed by atoms with van der Waals surface area (Å²) in [6, 6.07) is 7.21. The molecular formula is C14H18N4O3. The van der Waals surface area contributed by atoms with Crippen LogP contribution in [0.15, 0.2) is 28.8 Å². The van der Waals surface area contributed by atoms with Crippen LogP contribution in [0.5, 0.6) is 5.75 Å². The van der Waals surface area contributed by atoms with E-state index in [0.717, 1.165) is 0 Å². The monoisotopic (exact) mass is 290 g/mol. The Labute approximate surface area is 122 Å². The number of ether oxygens (including phenoxy) is 1. The molecule has 2 aromatic rings. The summed E-state index contributed by atoms with van der Waals surface area (Å²) in [6.45, 7) is 2.57. The lowest BCUT2D eigenvalue weighted by molar-refractivity contribution is -0.115. The molecule has 0 saturated carbocycles. The third-order valence-corrected chi connectivity index (χ3v) is 2.72. The number of anilines is 1. The Hall–Kier alpha value is -2.41. The first-order valence-corrected chi connectivity index (χ1v) is 6.61. The van der Waals surface area contributed by atoms with Gasteiger partial charge >= 0.3 is 0 Å². The molecule has 0 saturated heterocycles. The van der Waals surface area contributed by atoms with E-state index in [2.05, 4.69) is 20.8 Å². The molecule has 1 heterocycles. The highest BCUT2D eigenvalue weighted by atomic mass is 16.5. The molecule has 7 nitrogen and oxygen atoms in total. The summed E-state index contributed by atoms with van der Waals surface area (Å²) in [4.78, 5) is 15.8. The van der Waals surface area contributed by atoms with Gasteiger partial charge in [0.1, 0.15) is 5.75 Å². The highest BCUT2D eigenvalue weighted by Crippen LogP contribution is 2.16. The number of nitrogens with zero attached hydrogens (tertiary/aromatic N) is 2. The lowest BCUT2D eigenvalue weighted by Crippen LogP contribution is -2.29. The van der Waals surface area contributed by atoms with E-state index in [1.54, 1.807) is 20.1 Å². The van der Waals surface area contributed by atoms with Crippen molar-refractivity contribution in [2.24, 2.45) is 0 Å². The minimum atomic E-state index is -0.120. The van der Waals surface area contributed by atoms with Gasteiger partial charge in [-0.15, -0.1) is 0 Å². The molecule has 0 aliphatic heterocycles. The number of carbonyl (C=O) groups excluding carboxylic acids is 1. The van der Waals surface area contributed by atoms with Crippen molar-refractivity contribution in [1.29, 1.82) is 0 Å². The number of aryl methyl sites for hydroxylation is 1. The molecule has 21 heavy (non-hydrogen) atoms. The Bertz CT molecular complexity index is 597. The van der Waals surface area contributed by atoms with E-state index in [9.17, 15) is 4.79 Å². The molecule has 2 rings (SSSR count). The van der Waals surface area contributed by atoms with Crippen LogP contribution in [0.25, 0.3) is 0 Å². The highest BCUT2D eigenvalue weighted by Gasteiger charge is 2.05. The fraction of sp³-hybridized carbons (Fsp3) is 0.357. The minimum absolute atomic E-state index is 0.120. The summed E-state index contributed by atoms with van der Waals surface area (Å²) < 4.78 is 10.1. The first-order valence-electron chi connectivity index (χ1n) is 6.61. The molecule has 7 heteroatoms. The van der Waals surface area contributed by atoms with Crippen LogP contribution in [0, 0.1) is 6.92 Å². The van der Waals surface area contributed by atoms with Gasteiger partial charge in [0.25, 0.3) is 0 Å². The van der Waals surface area contributed by atoms with Crippen LogP contribution in [0.1, 0.15) is 11.7 Å². The van der Waals surface area contributed by atoms with E-state index >= 15 is 0 Å². The second-order valence-corrected chi connectivity index (χ2v) is 4.44. The Kier molecular flexibility index (Phi) is 5.28. The molecule has 0 atom stereocenters. The molecule has 2 N–H and O–H groups in total. The largest absolute Gasteiger partial charge is 0.497 e. The zero-order valence-electron chi connectivity index (χ0n) is 12.0. The van der Waals surface area contributed by atoms with Crippen LogP contribution in [-0.4, -0.2) is 36.2 Å². The SMILES string of the molecule is COc1cccc(NC(=O)CNCCc2nc(C)no2)c1. The molecule has 0 aliphatic carbocycles. The Balaban J connectivity index is 1.69. The standard InChI is InChI=1S/C14H18N4O3/c1-10-16-14(21-18-10)6-7-15-9-13(19)17-11-4-3-5-12(8-11)20-2/h3-5,8,15H,6-7,9H2,1-2H3,(H,17,19). The van der Waals surface area contributed by atoms with Crippen LogP contribution in [0.3, 0.4) is 0 Å². The van der Waals surface area contributed by atoms with Gasteiger partial charge in [0.15, 0.2) is 5.82 Å². The van der Waals surface area contributed by atoms with E-state index in [1.807, 2.05) is 18.2 Å². The van der Waals surface area contributed by atoms with E-state index < -0.39 is 0 Å². The van der Waals surface area contributed by atoms with E-state index in [1.165, 1.54) is 0 Å². The molecule has 1 amide bonds. The number of benzene rings is 1. The number of aromatic nitrogens is 2. The van der Waals surface area contributed by atoms with E-state index in [-0.39, 0.29) is 12.5 Å². The van der Waals surface area contributed by atoms with Gasteiger partial charge in [0, 0.05) is 24.7 Å². The molecule has 0 bridgehead atoms. The van der Waals surface area contributed by atoms with E-state index in [4.69, 9.17) is 9.26 Å². The summed E-state index contributed by atoms with van der Waals surface area (Å²) in [6.07, 6.45) is 0.591. The molecule has 1 aromatic carbocycles. The second kappa shape index (κ2) is 7.39. The predicted octanol–water partition coefficient (Wildman–Crippen LogP) is 1.16. The Morgan fingerprint density at radius 2 is 2.29 bits per heavy atom. The van der Waals surface area contributed by atoms with E-state index in [0.29, 0.717) is 36.1 Å². The first-order chi connectivity index (χ1) is 10.2. The summed E-state index contributed by atoms with van der Waals surface area (Å²) in [5.41, 5.74) is 0.702.